The van der Waals surface area contributed by atoms with Crippen LogP contribution in [0.4, 0.5) is 0 Å². The molecule has 2 aromatic heterocycles. The first kappa shape index (κ1) is 16.4. The van der Waals surface area contributed by atoms with Crippen LogP contribution in [0.5, 0.6) is 0 Å². The van der Waals surface area contributed by atoms with Gasteiger partial charge in [0.2, 0.25) is 0 Å². The summed E-state index contributed by atoms with van der Waals surface area (Å²) in [5.41, 5.74) is 1.56. The van der Waals surface area contributed by atoms with Crippen LogP contribution in [-0.4, -0.2) is 27.6 Å². The molecule has 0 aromatic carbocycles. The number of hydrogen-bond acceptors (Lipinski definition) is 3. The molecule has 0 saturated carbocycles. The average Bonchev–Trinajstić information content (AvgIpc) is 2.88. The van der Waals surface area contributed by atoms with Crippen molar-refractivity contribution in [3.63, 3.8) is 0 Å². The van der Waals surface area contributed by atoms with Gasteiger partial charge in [0.05, 0.1) is 5.52 Å². The van der Waals surface area contributed by atoms with Crippen LogP contribution >= 0.6 is 0 Å². The van der Waals surface area contributed by atoms with E-state index in [2.05, 4.69) is 15.3 Å². The second-order valence-corrected chi connectivity index (χ2v) is 4.15. The number of piperidine rings is 1. The standard InChI is InChI=1S/C11H14N4O.2C2H6/c16-11-14-10-9(2-1-5-13-10)15(11)8-3-6-12-7-4-8;2*1-2/h1-2,5,8,12H,3-4,6-7H2,(H,13,14,16);2*1-2H3. The maximum atomic E-state index is 11.9. The SMILES string of the molecule is CC.CC.O=c1[nH]c2ncccc2n1C1CCNCC1. The normalized spacial score (nSPS) is 15.0. The fourth-order valence-corrected chi connectivity index (χ4v) is 2.39. The number of nitrogens with one attached hydrogen (secondary N) is 2. The quantitative estimate of drug-likeness (QED) is 0.843. The van der Waals surface area contributed by atoms with Gasteiger partial charge in [0.15, 0.2) is 5.65 Å². The van der Waals surface area contributed by atoms with E-state index < -0.39 is 0 Å². The van der Waals surface area contributed by atoms with E-state index in [0.29, 0.717) is 11.7 Å². The maximum Gasteiger partial charge on any atom is 0.327 e. The fourth-order valence-electron chi connectivity index (χ4n) is 2.39. The van der Waals surface area contributed by atoms with Gasteiger partial charge in [0.25, 0.3) is 0 Å². The van der Waals surface area contributed by atoms with Crippen molar-refractivity contribution in [2.75, 3.05) is 13.1 Å². The Morgan fingerprint density at radius 1 is 1.20 bits per heavy atom. The molecule has 1 fully saturated rings. The van der Waals surface area contributed by atoms with Crippen LogP contribution in [0.1, 0.15) is 46.6 Å². The number of aromatic nitrogens is 3. The van der Waals surface area contributed by atoms with Crippen molar-refractivity contribution < 1.29 is 0 Å². The Bertz CT molecular complexity index is 552. The minimum atomic E-state index is -0.0411. The lowest BCUT2D eigenvalue weighted by atomic mass is 10.1. The molecule has 5 nitrogen and oxygen atoms in total. The molecular weight excluding hydrogens is 252 g/mol. The molecule has 5 heteroatoms. The first-order valence-electron chi connectivity index (χ1n) is 7.62. The lowest BCUT2D eigenvalue weighted by molar-refractivity contribution is 0.368. The molecule has 0 radical (unpaired) electrons. The molecule has 2 N–H and O–H groups in total. The maximum absolute atomic E-state index is 11.9. The van der Waals surface area contributed by atoms with Crippen LogP contribution in [0.25, 0.3) is 11.2 Å². The molecule has 1 saturated heterocycles. The molecule has 1 aliphatic heterocycles. The van der Waals surface area contributed by atoms with E-state index in [4.69, 9.17) is 0 Å². The topological polar surface area (TPSA) is 62.7 Å². The predicted octanol–water partition coefficient (Wildman–Crippen LogP) is 2.70. The van der Waals surface area contributed by atoms with Gasteiger partial charge in [-0.3, -0.25) is 9.55 Å². The van der Waals surface area contributed by atoms with Crippen molar-refractivity contribution in [3.05, 3.63) is 28.8 Å². The number of rotatable bonds is 1. The third-order valence-corrected chi connectivity index (χ3v) is 3.16. The zero-order valence-corrected chi connectivity index (χ0v) is 12.9. The van der Waals surface area contributed by atoms with Crippen LogP contribution in [0.15, 0.2) is 23.1 Å². The Kier molecular flexibility index (Phi) is 7.01. The van der Waals surface area contributed by atoms with Gasteiger partial charge < -0.3 is 5.32 Å². The number of fused-ring (bicyclic) bond motifs is 1. The van der Waals surface area contributed by atoms with Gasteiger partial charge in [0.1, 0.15) is 0 Å². The van der Waals surface area contributed by atoms with Crippen molar-refractivity contribution >= 4 is 11.2 Å². The van der Waals surface area contributed by atoms with E-state index in [1.54, 1.807) is 6.20 Å². The molecule has 1 aliphatic rings. The van der Waals surface area contributed by atoms with Gasteiger partial charge in [0, 0.05) is 12.2 Å². The van der Waals surface area contributed by atoms with Gasteiger partial charge in [-0.2, -0.15) is 0 Å². The van der Waals surface area contributed by atoms with Crippen molar-refractivity contribution in [1.29, 1.82) is 0 Å². The lowest BCUT2D eigenvalue weighted by Crippen LogP contribution is -2.33. The summed E-state index contributed by atoms with van der Waals surface area (Å²) in [5, 5.41) is 3.30. The van der Waals surface area contributed by atoms with Crippen molar-refractivity contribution in [3.8, 4) is 0 Å². The molecule has 0 spiro atoms. The van der Waals surface area contributed by atoms with Crippen molar-refractivity contribution in [2.24, 2.45) is 0 Å². The molecule has 112 valence electrons. The largest absolute Gasteiger partial charge is 0.327 e. The highest BCUT2D eigenvalue weighted by atomic mass is 16.1. The molecule has 0 atom stereocenters. The van der Waals surface area contributed by atoms with Gasteiger partial charge >= 0.3 is 5.69 Å². The predicted molar refractivity (Wildman–Crippen MR) is 84.2 cm³/mol. The molecule has 3 heterocycles. The Balaban J connectivity index is 0.000000461. The summed E-state index contributed by atoms with van der Waals surface area (Å²) in [5.74, 6) is 0. The minimum Gasteiger partial charge on any atom is -0.317 e. The Hall–Kier alpha value is -1.62. The second kappa shape index (κ2) is 8.53. The molecule has 0 unspecified atom stereocenters. The zero-order chi connectivity index (χ0) is 15.0. The third kappa shape index (κ3) is 3.48. The summed E-state index contributed by atoms with van der Waals surface area (Å²) >= 11 is 0. The molecular formula is C15H26N4O. The molecule has 0 bridgehead atoms. The van der Waals surface area contributed by atoms with Crippen LogP contribution < -0.4 is 11.0 Å². The van der Waals surface area contributed by atoms with E-state index in [-0.39, 0.29) is 5.69 Å². The van der Waals surface area contributed by atoms with Crippen LogP contribution in [0.3, 0.4) is 0 Å². The van der Waals surface area contributed by atoms with E-state index >= 15 is 0 Å². The number of nitrogens with zero attached hydrogens (tertiary/aromatic N) is 2. The highest BCUT2D eigenvalue weighted by molar-refractivity contribution is 5.70. The van der Waals surface area contributed by atoms with E-state index in [1.165, 1.54) is 0 Å². The van der Waals surface area contributed by atoms with Crippen molar-refractivity contribution in [2.45, 2.75) is 46.6 Å². The van der Waals surface area contributed by atoms with Crippen LogP contribution in [0.2, 0.25) is 0 Å². The fraction of sp³-hybridized carbons (Fsp3) is 0.600. The zero-order valence-electron chi connectivity index (χ0n) is 12.9. The summed E-state index contributed by atoms with van der Waals surface area (Å²) < 4.78 is 1.85. The molecule has 2 aromatic rings. The molecule has 3 rings (SSSR count). The summed E-state index contributed by atoms with van der Waals surface area (Å²) in [6.07, 6.45) is 3.70. The van der Waals surface area contributed by atoms with Crippen LogP contribution in [0, 0.1) is 0 Å². The second-order valence-electron chi connectivity index (χ2n) is 4.15. The number of H-pyrrole nitrogens is 1. The van der Waals surface area contributed by atoms with E-state index in [0.717, 1.165) is 31.4 Å². The van der Waals surface area contributed by atoms with Gasteiger partial charge in [-0.25, -0.2) is 9.78 Å². The number of aromatic amines is 1. The summed E-state index contributed by atoms with van der Waals surface area (Å²) in [6, 6.07) is 4.11. The lowest BCUT2D eigenvalue weighted by Gasteiger charge is -2.23. The monoisotopic (exact) mass is 278 g/mol. The number of hydrogen-bond donors (Lipinski definition) is 2. The Labute approximate surface area is 120 Å². The summed E-state index contributed by atoms with van der Waals surface area (Å²) in [7, 11) is 0. The first-order chi connectivity index (χ1) is 9.86. The Morgan fingerprint density at radius 2 is 1.85 bits per heavy atom. The average molecular weight is 278 g/mol. The van der Waals surface area contributed by atoms with Gasteiger partial charge in [-0.05, 0) is 38.1 Å². The molecule has 20 heavy (non-hydrogen) atoms. The highest BCUT2D eigenvalue weighted by Gasteiger charge is 2.19. The van der Waals surface area contributed by atoms with Gasteiger partial charge in [-0.15, -0.1) is 0 Å². The van der Waals surface area contributed by atoms with Crippen LogP contribution in [-0.2, 0) is 0 Å². The smallest absolute Gasteiger partial charge is 0.317 e. The minimum absolute atomic E-state index is 0.0411. The number of imidazole rings is 1. The van der Waals surface area contributed by atoms with Crippen molar-refractivity contribution in [1.82, 2.24) is 19.9 Å². The summed E-state index contributed by atoms with van der Waals surface area (Å²) in [6.45, 7) is 9.95. The Morgan fingerprint density at radius 3 is 2.50 bits per heavy atom. The van der Waals surface area contributed by atoms with Gasteiger partial charge in [-0.1, -0.05) is 27.7 Å². The first-order valence-corrected chi connectivity index (χ1v) is 7.62. The number of pyridine rings is 1. The van der Waals surface area contributed by atoms with E-state index in [9.17, 15) is 4.79 Å². The van der Waals surface area contributed by atoms with E-state index in [1.807, 2.05) is 44.4 Å². The molecule has 0 amide bonds. The third-order valence-electron chi connectivity index (χ3n) is 3.16. The highest BCUT2D eigenvalue weighted by Crippen LogP contribution is 2.20. The summed E-state index contributed by atoms with van der Waals surface area (Å²) in [4.78, 5) is 18.9. The molecule has 0 aliphatic carbocycles.